The van der Waals surface area contributed by atoms with Gasteiger partial charge < -0.3 is 4.74 Å². The van der Waals surface area contributed by atoms with Gasteiger partial charge in [0.1, 0.15) is 11.5 Å². The summed E-state index contributed by atoms with van der Waals surface area (Å²) in [6, 6.07) is 22.6. The van der Waals surface area contributed by atoms with E-state index in [1.54, 1.807) is 0 Å². The van der Waals surface area contributed by atoms with Gasteiger partial charge in [-0.15, -0.1) is 0 Å². The van der Waals surface area contributed by atoms with Crippen LogP contribution in [-0.4, -0.2) is 0 Å². The van der Waals surface area contributed by atoms with Crippen LogP contribution in [0.2, 0.25) is 0 Å². The van der Waals surface area contributed by atoms with E-state index in [4.69, 9.17) is 4.74 Å². The summed E-state index contributed by atoms with van der Waals surface area (Å²) in [4.78, 5) is 0. The molecule has 1 heteroatoms. The van der Waals surface area contributed by atoms with Crippen molar-refractivity contribution < 1.29 is 4.74 Å². The van der Waals surface area contributed by atoms with Crippen LogP contribution in [0, 0.1) is 6.92 Å². The van der Waals surface area contributed by atoms with Crippen LogP contribution >= 0.6 is 0 Å². The van der Waals surface area contributed by atoms with Gasteiger partial charge in [0, 0.05) is 5.39 Å². The van der Waals surface area contributed by atoms with Crippen molar-refractivity contribution >= 4 is 10.8 Å². The van der Waals surface area contributed by atoms with E-state index >= 15 is 0 Å². The van der Waals surface area contributed by atoms with Crippen LogP contribution in [-0.2, 0) is 6.42 Å². The summed E-state index contributed by atoms with van der Waals surface area (Å²) in [6.07, 6.45) is 3.15. The smallest absolute Gasteiger partial charge is 0.135 e. The van der Waals surface area contributed by atoms with Crippen LogP contribution in [0.4, 0.5) is 0 Å². The first-order valence-corrected chi connectivity index (χ1v) is 7.41. The van der Waals surface area contributed by atoms with E-state index in [0.29, 0.717) is 0 Å². The van der Waals surface area contributed by atoms with E-state index in [9.17, 15) is 0 Å². The highest BCUT2D eigenvalue weighted by Gasteiger charge is 2.07. The lowest BCUT2D eigenvalue weighted by Crippen LogP contribution is -1.91. The predicted molar refractivity (Wildman–Crippen MR) is 88.8 cm³/mol. The van der Waals surface area contributed by atoms with Gasteiger partial charge in [-0.2, -0.15) is 0 Å². The minimum absolute atomic E-state index is 0.869. The van der Waals surface area contributed by atoms with Gasteiger partial charge in [0.25, 0.3) is 0 Å². The number of hydrogen-bond donors (Lipinski definition) is 0. The second kappa shape index (κ2) is 6.45. The Bertz CT molecular complexity index is 716. The van der Waals surface area contributed by atoms with Crippen LogP contribution in [0.15, 0.2) is 66.7 Å². The predicted octanol–water partition coefficient (Wildman–Crippen LogP) is 5.79. The first-order valence-electron chi connectivity index (χ1n) is 7.41. The molecule has 0 saturated carbocycles. The first-order chi connectivity index (χ1) is 10.4. The average molecular weight is 275 g/mol. The highest BCUT2D eigenvalue weighted by atomic mass is 16.5. The maximum atomic E-state index is 6.04. The lowest BCUT2D eigenvalue weighted by molar-refractivity contribution is 0.488. The monoisotopic (exact) mass is 275 g/mol. The molecule has 0 fully saturated rings. The minimum Gasteiger partial charge on any atom is -0.457 e. The number of fused-ring (bicyclic) bond motifs is 1. The van der Waals surface area contributed by atoms with Crippen molar-refractivity contribution in [2.45, 2.75) is 19.3 Å². The van der Waals surface area contributed by atoms with Crippen molar-refractivity contribution in [2.75, 3.05) is 0 Å². The van der Waals surface area contributed by atoms with Crippen molar-refractivity contribution in [1.29, 1.82) is 0 Å². The van der Waals surface area contributed by atoms with Crippen molar-refractivity contribution in [1.82, 2.24) is 0 Å². The van der Waals surface area contributed by atoms with Crippen LogP contribution < -0.4 is 4.74 Å². The second-order valence-corrected chi connectivity index (χ2v) is 5.14. The van der Waals surface area contributed by atoms with Crippen LogP contribution in [0.5, 0.6) is 11.5 Å². The fourth-order valence-corrected chi connectivity index (χ4v) is 2.57. The number of hydrogen-bond acceptors (Lipinski definition) is 1. The first kappa shape index (κ1) is 13.7. The van der Waals surface area contributed by atoms with Gasteiger partial charge in [0.15, 0.2) is 0 Å². The van der Waals surface area contributed by atoms with Crippen molar-refractivity contribution in [3.05, 3.63) is 79.2 Å². The van der Waals surface area contributed by atoms with E-state index in [0.717, 1.165) is 30.8 Å². The Morgan fingerprint density at radius 3 is 2.24 bits per heavy atom. The Labute approximate surface area is 126 Å². The van der Waals surface area contributed by atoms with Gasteiger partial charge in [-0.3, -0.25) is 0 Å². The molecular weight excluding hydrogens is 256 g/mol. The van der Waals surface area contributed by atoms with Crippen LogP contribution in [0.1, 0.15) is 18.4 Å². The summed E-state index contributed by atoms with van der Waals surface area (Å²) in [5, 5.41) is 2.45. The quantitative estimate of drug-likeness (QED) is 0.572. The molecule has 3 aromatic carbocycles. The summed E-state index contributed by atoms with van der Waals surface area (Å²) < 4.78 is 6.04. The Morgan fingerprint density at radius 1 is 0.762 bits per heavy atom. The summed E-state index contributed by atoms with van der Waals surface area (Å²) in [6.45, 7) is 3.93. The van der Waals surface area contributed by atoms with Crippen LogP contribution in [0.25, 0.3) is 10.8 Å². The van der Waals surface area contributed by atoms with E-state index in [-0.39, 0.29) is 0 Å². The zero-order valence-electron chi connectivity index (χ0n) is 12.1. The number of unbranched alkanes of at least 4 members (excludes halogenated alkanes) is 1. The summed E-state index contributed by atoms with van der Waals surface area (Å²) in [5.41, 5.74) is 1.37. The zero-order chi connectivity index (χ0) is 14.5. The van der Waals surface area contributed by atoms with Gasteiger partial charge in [-0.25, -0.2) is 0 Å². The maximum Gasteiger partial charge on any atom is 0.135 e. The normalized spacial score (nSPS) is 10.7. The van der Waals surface area contributed by atoms with Gasteiger partial charge in [-0.05, 0) is 42.0 Å². The Balaban J connectivity index is 2.00. The lowest BCUT2D eigenvalue weighted by atomic mass is 9.99. The molecule has 0 spiro atoms. The molecule has 0 aliphatic heterocycles. The lowest BCUT2D eigenvalue weighted by Gasteiger charge is -2.12. The second-order valence-electron chi connectivity index (χ2n) is 5.14. The third kappa shape index (κ3) is 3.08. The SMILES string of the molecule is [CH2]CCCc1ccc(Oc2ccccc2)c2ccccc12. The molecule has 0 saturated heterocycles. The fraction of sp³-hybridized carbons (Fsp3) is 0.150. The fourth-order valence-electron chi connectivity index (χ4n) is 2.57. The number of aryl methyl sites for hydroxylation is 1. The Kier molecular flexibility index (Phi) is 4.20. The zero-order valence-corrected chi connectivity index (χ0v) is 12.1. The molecule has 1 radical (unpaired) electrons. The summed E-state index contributed by atoms with van der Waals surface area (Å²) >= 11 is 0. The van der Waals surface area contributed by atoms with Gasteiger partial charge >= 0.3 is 0 Å². The van der Waals surface area contributed by atoms with E-state index in [1.807, 2.05) is 30.3 Å². The van der Waals surface area contributed by atoms with Crippen molar-refractivity contribution in [3.8, 4) is 11.5 Å². The Morgan fingerprint density at radius 2 is 1.48 bits per heavy atom. The van der Waals surface area contributed by atoms with Gasteiger partial charge in [-0.1, -0.05) is 61.9 Å². The molecule has 3 aromatic rings. The standard InChI is InChI=1S/C20H19O/c1-2-3-9-16-14-15-20(19-13-8-7-12-18(16)19)21-17-10-5-4-6-11-17/h4-8,10-15H,1-3,9H2. The molecule has 21 heavy (non-hydrogen) atoms. The average Bonchev–Trinajstić information content (AvgIpc) is 2.55. The van der Waals surface area contributed by atoms with E-state index < -0.39 is 0 Å². The highest BCUT2D eigenvalue weighted by molar-refractivity contribution is 5.91. The largest absolute Gasteiger partial charge is 0.457 e. The molecule has 0 unspecified atom stereocenters. The van der Waals surface area contributed by atoms with E-state index in [2.05, 4.69) is 43.3 Å². The molecule has 0 heterocycles. The summed E-state index contributed by atoms with van der Waals surface area (Å²) in [5.74, 6) is 1.78. The van der Waals surface area contributed by atoms with Crippen molar-refractivity contribution in [3.63, 3.8) is 0 Å². The third-order valence-corrected chi connectivity index (χ3v) is 3.64. The minimum atomic E-state index is 0.869. The molecular formula is C20H19O. The number of rotatable bonds is 5. The third-order valence-electron chi connectivity index (χ3n) is 3.64. The number of ether oxygens (including phenoxy) is 1. The number of benzene rings is 3. The van der Waals surface area contributed by atoms with E-state index in [1.165, 1.54) is 16.3 Å². The summed E-state index contributed by atoms with van der Waals surface area (Å²) in [7, 11) is 0. The Hall–Kier alpha value is -2.28. The molecule has 0 aliphatic rings. The highest BCUT2D eigenvalue weighted by Crippen LogP contribution is 2.32. The molecule has 105 valence electrons. The molecule has 0 bridgehead atoms. The molecule has 0 amide bonds. The molecule has 0 aromatic heterocycles. The van der Waals surface area contributed by atoms with Gasteiger partial charge in [0.05, 0.1) is 0 Å². The van der Waals surface area contributed by atoms with Gasteiger partial charge in [0.2, 0.25) is 0 Å². The molecule has 0 aliphatic carbocycles. The molecule has 0 atom stereocenters. The molecule has 1 nitrogen and oxygen atoms in total. The van der Waals surface area contributed by atoms with Crippen molar-refractivity contribution in [2.24, 2.45) is 0 Å². The van der Waals surface area contributed by atoms with Crippen LogP contribution in [0.3, 0.4) is 0 Å². The molecule has 0 N–H and O–H groups in total. The maximum absolute atomic E-state index is 6.04. The number of para-hydroxylation sites is 1. The topological polar surface area (TPSA) is 9.23 Å². The molecule has 3 rings (SSSR count).